The smallest absolute Gasteiger partial charge is 0.137 e. The Labute approximate surface area is 93.3 Å². The number of aromatic nitrogens is 2. The summed E-state index contributed by atoms with van der Waals surface area (Å²) in [6.07, 6.45) is 1.78. The van der Waals surface area contributed by atoms with Gasteiger partial charge in [-0.2, -0.15) is 0 Å². The molecule has 0 saturated carbocycles. The van der Waals surface area contributed by atoms with E-state index in [9.17, 15) is 5.11 Å². The van der Waals surface area contributed by atoms with Crippen LogP contribution in [0.4, 0.5) is 0 Å². The monoisotopic (exact) mass is 224 g/mol. The molecule has 0 aliphatic heterocycles. The average Bonchev–Trinajstić information content (AvgIpc) is 2.55. The number of halogens is 1. The number of rotatable bonds is 2. The molecule has 0 fully saturated rings. The second-order valence-corrected chi connectivity index (χ2v) is 4.27. The van der Waals surface area contributed by atoms with Gasteiger partial charge in [-0.15, -0.1) is 0 Å². The van der Waals surface area contributed by atoms with Crippen molar-refractivity contribution in [2.75, 3.05) is 0 Å². The molecule has 0 atom stereocenters. The third kappa shape index (κ3) is 1.73. The van der Waals surface area contributed by atoms with Crippen molar-refractivity contribution >= 4 is 17.2 Å². The lowest BCUT2D eigenvalue weighted by molar-refractivity contribution is 0.274. The number of pyridine rings is 1. The Morgan fingerprint density at radius 2 is 2.20 bits per heavy atom. The zero-order valence-electron chi connectivity index (χ0n) is 8.74. The Balaban J connectivity index is 2.74. The molecule has 2 rings (SSSR count). The molecule has 3 nitrogen and oxygen atoms in total. The van der Waals surface area contributed by atoms with E-state index in [0.29, 0.717) is 10.9 Å². The highest BCUT2D eigenvalue weighted by Gasteiger charge is 2.13. The first-order valence-corrected chi connectivity index (χ1v) is 5.28. The number of aliphatic hydroxyl groups is 1. The Morgan fingerprint density at radius 3 is 2.80 bits per heavy atom. The summed E-state index contributed by atoms with van der Waals surface area (Å²) in [7, 11) is 0. The second-order valence-electron chi connectivity index (χ2n) is 3.83. The average molecular weight is 225 g/mol. The van der Waals surface area contributed by atoms with Crippen LogP contribution in [0.2, 0.25) is 5.02 Å². The van der Waals surface area contributed by atoms with Crippen LogP contribution in [0.1, 0.15) is 31.2 Å². The molecule has 80 valence electrons. The van der Waals surface area contributed by atoms with Gasteiger partial charge in [-0.3, -0.25) is 4.40 Å². The molecule has 2 heterocycles. The SMILES string of the molecule is CC(C)c1nc2ccc(Cl)cn2c1CO. The van der Waals surface area contributed by atoms with Gasteiger partial charge in [-0.25, -0.2) is 4.98 Å². The maximum atomic E-state index is 9.34. The van der Waals surface area contributed by atoms with Crippen molar-refractivity contribution in [3.8, 4) is 0 Å². The van der Waals surface area contributed by atoms with Crippen LogP contribution >= 0.6 is 11.6 Å². The lowest BCUT2D eigenvalue weighted by Crippen LogP contribution is -1.97. The van der Waals surface area contributed by atoms with E-state index >= 15 is 0 Å². The van der Waals surface area contributed by atoms with Crippen LogP contribution in [0.5, 0.6) is 0 Å². The number of nitrogens with zero attached hydrogens (tertiary/aromatic N) is 2. The first-order valence-electron chi connectivity index (χ1n) is 4.90. The fourth-order valence-electron chi connectivity index (χ4n) is 1.71. The van der Waals surface area contributed by atoms with Crippen molar-refractivity contribution < 1.29 is 5.11 Å². The van der Waals surface area contributed by atoms with Gasteiger partial charge in [0.2, 0.25) is 0 Å². The minimum absolute atomic E-state index is 0.0188. The van der Waals surface area contributed by atoms with Crippen molar-refractivity contribution in [2.24, 2.45) is 0 Å². The highest BCUT2D eigenvalue weighted by Crippen LogP contribution is 2.22. The van der Waals surface area contributed by atoms with Crippen LogP contribution in [-0.4, -0.2) is 14.5 Å². The minimum atomic E-state index is -0.0188. The molecule has 2 aromatic heterocycles. The van der Waals surface area contributed by atoms with Gasteiger partial charge in [-0.1, -0.05) is 25.4 Å². The summed E-state index contributed by atoms with van der Waals surface area (Å²) in [6, 6.07) is 3.66. The first kappa shape index (κ1) is 10.5. The summed E-state index contributed by atoms with van der Waals surface area (Å²) in [6.45, 7) is 4.10. The predicted octanol–water partition coefficient (Wildman–Crippen LogP) is 2.60. The Kier molecular flexibility index (Phi) is 2.67. The summed E-state index contributed by atoms with van der Waals surface area (Å²) in [4.78, 5) is 4.47. The van der Waals surface area contributed by atoms with E-state index < -0.39 is 0 Å². The molecule has 0 radical (unpaired) electrons. The number of hydrogen-bond donors (Lipinski definition) is 1. The lowest BCUT2D eigenvalue weighted by Gasteiger charge is -2.03. The third-order valence-corrected chi connectivity index (χ3v) is 2.63. The molecule has 0 unspecified atom stereocenters. The van der Waals surface area contributed by atoms with Crippen molar-refractivity contribution in [2.45, 2.75) is 26.4 Å². The number of aliphatic hydroxyl groups excluding tert-OH is 1. The molecule has 1 N–H and O–H groups in total. The molecule has 0 amide bonds. The fraction of sp³-hybridized carbons (Fsp3) is 0.364. The molecule has 15 heavy (non-hydrogen) atoms. The molecule has 2 aromatic rings. The Bertz CT molecular complexity index is 491. The molecule has 0 aliphatic carbocycles. The molecule has 4 heteroatoms. The molecule has 0 spiro atoms. The Hall–Kier alpha value is -1.06. The molecular formula is C11H13ClN2O. The molecule has 0 saturated heterocycles. The number of imidazole rings is 1. The molecule has 0 bridgehead atoms. The summed E-state index contributed by atoms with van der Waals surface area (Å²) in [5.41, 5.74) is 2.58. The Morgan fingerprint density at radius 1 is 1.47 bits per heavy atom. The van der Waals surface area contributed by atoms with Crippen LogP contribution in [-0.2, 0) is 6.61 Å². The molecule has 0 aromatic carbocycles. The van der Waals surface area contributed by atoms with Gasteiger partial charge < -0.3 is 5.11 Å². The first-order chi connectivity index (χ1) is 7.13. The van der Waals surface area contributed by atoms with E-state index in [2.05, 4.69) is 18.8 Å². The second kappa shape index (κ2) is 3.83. The van der Waals surface area contributed by atoms with E-state index in [1.54, 1.807) is 12.3 Å². The van der Waals surface area contributed by atoms with Gasteiger partial charge in [0.1, 0.15) is 5.65 Å². The van der Waals surface area contributed by atoms with Gasteiger partial charge in [-0.05, 0) is 18.1 Å². The van der Waals surface area contributed by atoms with Crippen LogP contribution in [0.25, 0.3) is 5.65 Å². The van der Waals surface area contributed by atoms with Crippen LogP contribution in [0.3, 0.4) is 0 Å². The van der Waals surface area contributed by atoms with Gasteiger partial charge in [0, 0.05) is 6.20 Å². The fourth-order valence-corrected chi connectivity index (χ4v) is 1.87. The van der Waals surface area contributed by atoms with E-state index in [1.807, 2.05) is 10.5 Å². The summed E-state index contributed by atoms with van der Waals surface area (Å²) in [5, 5.41) is 9.98. The van der Waals surface area contributed by atoms with E-state index in [1.165, 1.54) is 0 Å². The zero-order chi connectivity index (χ0) is 11.0. The van der Waals surface area contributed by atoms with Gasteiger partial charge in [0.25, 0.3) is 0 Å². The van der Waals surface area contributed by atoms with E-state index in [-0.39, 0.29) is 6.61 Å². The van der Waals surface area contributed by atoms with Crippen LogP contribution in [0, 0.1) is 0 Å². The van der Waals surface area contributed by atoms with Crippen molar-refractivity contribution in [1.82, 2.24) is 9.38 Å². The predicted molar refractivity (Wildman–Crippen MR) is 60.2 cm³/mol. The zero-order valence-corrected chi connectivity index (χ0v) is 9.49. The van der Waals surface area contributed by atoms with Gasteiger partial charge in [0.15, 0.2) is 0 Å². The van der Waals surface area contributed by atoms with E-state index in [0.717, 1.165) is 17.0 Å². The normalized spacial score (nSPS) is 11.5. The summed E-state index contributed by atoms with van der Waals surface area (Å²) in [5.74, 6) is 0.297. The van der Waals surface area contributed by atoms with Crippen molar-refractivity contribution in [1.29, 1.82) is 0 Å². The highest BCUT2D eigenvalue weighted by molar-refractivity contribution is 6.30. The number of fused-ring (bicyclic) bond motifs is 1. The van der Waals surface area contributed by atoms with Crippen molar-refractivity contribution in [3.05, 3.63) is 34.7 Å². The topological polar surface area (TPSA) is 37.5 Å². The molecule has 0 aliphatic rings. The molecular weight excluding hydrogens is 212 g/mol. The van der Waals surface area contributed by atoms with Crippen LogP contribution < -0.4 is 0 Å². The quantitative estimate of drug-likeness (QED) is 0.852. The van der Waals surface area contributed by atoms with Gasteiger partial charge in [0.05, 0.1) is 23.0 Å². The van der Waals surface area contributed by atoms with E-state index in [4.69, 9.17) is 11.6 Å². The largest absolute Gasteiger partial charge is 0.390 e. The maximum Gasteiger partial charge on any atom is 0.137 e. The minimum Gasteiger partial charge on any atom is -0.390 e. The maximum absolute atomic E-state index is 9.34. The summed E-state index contributed by atoms with van der Waals surface area (Å²) >= 11 is 5.91. The standard InChI is InChI=1S/C11H13ClN2O/c1-7(2)11-9(6-15)14-5-8(12)3-4-10(14)13-11/h3-5,7,15H,6H2,1-2H3. The lowest BCUT2D eigenvalue weighted by atomic mass is 10.1. The van der Waals surface area contributed by atoms with Crippen LogP contribution in [0.15, 0.2) is 18.3 Å². The highest BCUT2D eigenvalue weighted by atomic mass is 35.5. The number of hydrogen-bond acceptors (Lipinski definition) is 2. The van der Waals surface area contributed by atoms with Crippen molar-refractivity contribution in [3.63, 3.8) is 0 Å². The third-order valence-electron chi connectivity index (χ3n) is 2.41. The van der Waals surface area contributed by atoms with Gasteiger partial charge >= 0.3 is 0 Å². The summed E-state index contributed by atoms with van der Waals surface area (Å²) < 4.78 is 1.84.